The highest BCUT2D eigenvalue weighted by atomic mass is 16.3. The highest BCUT2D eigenvalue weighted by Gasteiger charge is 2.18. The minimum atomic E-state index is -0.849. The summed E-state index contributed by atoms with van der Waals surface area (Å²) in [6.07, 6.45) is 78.7. The molecule has 0 aliphatic rings. The molecule has 1 amide bonds. The summed E-state index contributed by atoms with van der Waals surface area (Å²) in [7, 11) is 0. The van der Waals surface area contributed by atoms with E-state index >= 15 is 0 Å². The van der Waals surface area contributed by atoms with Crippen molar-refractivity contribution in [2.45, 2.75) is 276 Å². The van der Waals surface area contributed by atoms with Gasteiger partial charge in [0.05, 0.1) is 18.8 Å². The van der Waals surface area contributed by atoms with E-state index in [-0.39, 0.29) is 12.5 Å². The van der Waals surface area contributed by atoms with Gasteiger partial charge in [0.2, 0.25) is 5.91 Å². The first kappa shape index (κ1) is 60.6. The zero-order valence-electron chi connectivity index (χ0n) is 41.8. The van der Waals surface area contributed by atoms with Crippen molar-refractivity contribution in [3.8, 4) is 0 Å². The molecule has 3 N–H and O–H groups in total. The molecular weight excluding hydrogens is 771 g/mol. The SMILES string of the molecule is CC/C=C\C/C=C\C/C=C\C/C=C\C/C=C\C/C=C\CCCCCCCCCCC(=O)NC(CO)C(O)/C=C/CCCCCCCCCCCCCCCCCCCCCCCC. The average Bonchev–Trinajstić information content (AvgIpc) is 3.29. The lowest BCUT2D eigenvalue weighted by Gasteiger charge is -2.20. The highest BCUT2D eigenvalue weighted by molar-refractivity contribution is 5.76. The number of hydrogen-bond donors (Lipinski definition) is 3. The Morgan fingerprint density at radius 1 is 0.397 bits per heavy atom. The highest BCUT2D eigenvalue weighted by Crippen LogP contribution is 2.16. The molecule has 0 aliphatic heterocycles. The van der Waals surface area contributed by atoms with Crippen molar-refractivity contribution in [1.82, 2.24) is 5.32 Å². The molecule has 2 atom stereocenters. The Balaban J connectivity index is 3.57. The number of nitrogens with one attached hydrogen (secondary N) is 1. The fraction of sp³-hybridized carbons (Fsp3) is 0.746. The van der Waals surface area contributed by atoms with Gasteiger partial charge in [0.25, 0.3) is 0 Å². The molecule has 0 fully saturated rings. The molecule has 0 saturated heterocycles. The molecule has 0 rings (SSSR count). The molecule has 0 aliphatic carbocycles. The number of unbranched alkanes of at least 4 members (excludes halogenated alkanes) is 30. The van der Waals surface area contributed by atoms with Crippen LogP contribution in [0.4, 0.5) is 0 Å². The lowest BCUT2D eigenvalue weighted by atomic mass is 10.0. The van der Waals surface area contributed by atoms with E-state index in [9.17, 15) is 15.0 Å². The molecule has 0 aromatic carbocycles. The second kappa shape index (κ2) is 53.9. The van der Waals surface area contributed by atoms with E-state index in [0.717, 1.165) is 70.6 Å². The maximum Gasteiger partial charge on any atom is 0.220 e. The third-order valence-corrected chi connectivity index (χ3v) is 12.1. The molecule has 0 aromatic rings. The number of amides is 1. The van der Waals surface area contributed by atoms with Crippen LogP contribution in [0.2, 0.25) is 0 Å². The van der Waals surface area contributed by atoms with Gasteiger partial charge in [-0.1, -0.05) is 272 Å². The van der Waals surface area contributed by atoms with E-state index in [1.807, 2.05) is 6.08 Å². The Hall–Kier alpha value is -2.43. The third-order valence-electron chi connectivity index (χ3n) is 12.1. The molecule has 0 saturated carbocycles. The fourth-order valence-electron chi connectivity index (χ4n) is 8.01. The van der Waals surface area contributed by atoms with Gasteiger partial charge in [0.1, 0.15) is 0 Å². The zero-order valence-corrected chi connectivity index (χ0v) is 41.8. The number of rotatable bonds is 49. The normalized spacial score (nSPS) is 13.5. The molecule has 63 heavy (non-hydrogen) atoms. The van der Waals surface area contributed by atoms with Gasteiger partial charge in [0, 0.05) is 6.42 Å². The molecule has 0 radical (unpaired) electrons. The number of aliphatic hydroxyl groups excluding tert-OH is 2. The van der Waals surface area contributed by atoms with Gasteiger partial charge in [-0.3, -0.25) is 4.79 Å². The smallest absolute Gasteiger partial charge is 0.220 e. The Morgan fingerprint density at radius 3 is 1.05 bits per heavy atom. The fourth-order valence-corrected chi connectivity index (χ4v) is 8.01. The largest absolute Gasteiger partial charge is 0.394 e. The van der Waals surface area contributed by atoms with E-state index in [4.69, 9.17) is 0 Å². The van der Waals surface area contributed by atoms with Crippen molar-refractivity contribution >= 4 is 5.91 Å². The Bertz CT molecular complexity index is 1130. The predicted octanol–water partition coefficient (Wildman–Crippen LogP) is 18.0. The number of allylic oxidation sites excluding steroid dienone is 13. The van der Waals surface area contributed by atoms with Crippen molar-refractivity contribution in [2.75, 3.05) is 6.61 Å². The van der Waals surface area contributed by atoms with Crippen LogP contribution in [0.3, 0.4) is 0 Å². The van der Waals surface area contributed by atoms with Crippen LogP contribution in [0.25, 0.3) is 0 Å². The molecule has 0 aromatic heterocycles. The lowest BCUT2D eigenvalue weighted by molar-refractivity contribution is -0.123. The molecular formula is C59H105NO3. The summed E-state index contributed by atoms with van der Waals surface area (Å²) in [6.45, 7) is 4.21. The molecule has 4 heteroatoms. The van der Waals surface area contributed by atoms with Crippen LogP contribution in [-0.4, -0.2) is 34.9 Å². The summed E-state index contributed by atoms with van der Waals surface area (Å²) in [5.74, 6) is -0.0736. The third kappa shape index (κ3) is 50.4. The molecule has 4 nitrogen and oxygen atoms in total. The van der Waals surface area contributed by atoms with Gasteiger partial charge in [-0.2, -0.15) is 0 Å². The lowest BCUT2D eigenvalue weighted by Crippen LogP contribution is -2.45. The number of carbonyl (C=O) groups is 1. The predicted molar refractivity (Wildman–Crippen MR) is 280 cm³/mol. The van der Waals surface area contributed by atoms with E-state index in [1.165, 1.54) is 173 Å². The van der Waals surface area contributed by atoms with Crippen LogP contribution in [0.15, 0.2) is 85.1 Å². The van der Waals surface area contributed by atoms with Gasteiger partial charge < -0.3 is 15.5 Å². The zero-order chi connectivity index (χ0) is 45.6. The summed E-state index contributed by atoms with van der Waals surface area (Å²) in [6, 6.07) is -0.633. The van der Waals surface area contributed by atoms with Crippen LogP contribution in [0, 0.1) is 0 Å². The van der Waals surface area contributed by atoms with E-state index < -0.39 is 12.1 Å². The first-order chi connectivity index (χ1) is 31.2. The molecule has 2 unspecified atom stereocenters. The average molecular weight is 876 g/mol. The maximum absolute atomic E-state index is 12.5. The number of aliphatic hydroxyl groups is 2. The van der Waals surface area contributed by atoms with Crippen LogP contribution in [0.5, 0.6) is 0 Å². The molecule has 364 valence electrons. The summed E-state index contributed by atoms with van der Waals surface area (Å²) in [4.78, 5) is 12.5. The van der Waals surface area contributed by atoms with Crippen LogP contribution < -0.4 is 5.32 Å². The summed E-state index contributed by atoms with van der Waals surface area (Å²) >= 11 is 0. The minimum Gasteiger partial charge on any atom is -0.394 e. The van der Waals surface area contributed by atoms with E-state index in [2.05, 4.69) is 92.1 Å². The monoisotopic (exact) mass is 876 g/mol. The van der Waals surface area contributed by atoms with Gasteiger partial charge in [0.15, 0.2) is 0 Å². The molecule has 0 bridgehead atoms. The second-order valence-electron chi connectivity index (χ2n) is 18.3. The van der Waals surface area contributed by atoms with Crippen molar-refractivity contribution in [2.24, 2.45) is 0 Å². The van der Waals surface area contributed by atoms with Gasteiger partial charge in [-0.15, -0.1) is 0 Å². The van der Waals surface area contributed by atoms with E-state index in [0.29, 0.717) is 6.42 Å². The number of carbonyl (C=O) groups excluding carboxylic acids is 1. The summed E-state index contributed by atoms with van der Waals surface area (Å²) in [5, 5.41) is 23.2. The van der Waals surface area contributed by atoms with E-state index in [1.54, 1.807) is 6.08 Å². The van der Waals surface area contributed by atoms with Gasteiger partial charge in [-0.05, 0) is 70.6 Å². The number of hydrogen-bond acceptors (Lipinski definition) is 3. The van der Waals surface area contributed by atoms with Crippen LogP contribution >= 0.6 is 0 Å². The summed E-state index contributed by atoms with van der Waals surface area (Å²) < 4.78 is 0. The van der Waals surface area contributed by atoms with Crippen molar-refractivity contribution in [1.29, 1.82) is 0 Å². The second-order valence-corrected chi connectivity index (χ2v) is 18.3. The quantitative estimate of drug-likeness (QED) is 0.0421. The van der Waals surface area contributed by atoms with Crippen molar-refractivity contribution < 1.29 is 15.0 Å². The Labute approximate surface area is 392 Å². The minimum absolute atomic E-state index is 0.0736. The molecule has 0 heterocycles. The Kier molecular flexibility index (Phi) is 51.8. The Morgan fingerprint density at radius 2 is 0.698 bits per heavy atom. The molecule has 0 spiro atoms. The van der Waals surface area contributed by atoms with Crippen LogP contribution in [-0.2, 0) is 4.79 Å². The maximum atomic E-state index is 12.5. The standard InChI is InChI=1S/C59H105NO3/c1-3-5-7-9-11-13-15-17-19-21-23-25-27-29-30-31-33-35-37-39-41-43-45-47-49-51-53-55-59(63)60-57(56-61)58(62)54-52-50-48-46-44-42-40-38-36-34-32-28-26-24-22-20-18-16-14-12-10-8-6-4-2/h5,7,11,13,17,19,23,25,29-30,33,35,52,54,57-58,61-62H,3-4,6,8-10,12,14-16,18,20-22,24,26-28,31-32,34,36-51,53,55-56H2,1-2H3,(H,60,63)/b7-5-,13-11-,19-17-,25-23-,30-29-,35-33-,54-52+. The van der Waals surface area contributed by atoms with Gasteiger partial charge >= 0.3 is 0 Å². The summed E-state index contributed by atoms with van der Waals surface area (Å²) in [5.41, 5.74) is 0. The van der Waals surface area contributed by atoms with Crippen molar-refractivity contribution in [3.63, 3.8) is 0 Å². The van der Waals surface area contributed by atoms with Crippen molar-refractivity contribution in [3.05, 3.63) is 85.1 Å². The topological polar surface area (TPSA) is 69.6 Å². The van der Waals surface area contributed by atoms with Crippen LogP contribution in [0.1, 0.15) is 264 Å². The van der Waals surface area contributed by atoms with Gasteiger partial charge in [-0.25, -0.2) is 0 Å². The first-order valence-electron chi connectivity index (χ1n) is 27.3. The first-order valence-corrected chi connectivity index (χ1v) is 27.3.